The summed E-state index contributed by atoms with van der Waals surface area (Å²) in [4.78, 5) is 2.32. The van der Waals surface area contributed by atoms with Crippen molar-refractivity contribution in [3.63, 3.8) is 0 Å². The molecule has 92 valence electrons. The Morgan fingerprint density at radius 3 is 2.65 bits per heavy atom. The van der Waals surface area contributed by atoms with Crippen LogP contribution >= 0.6 is 0 Å². The normalized spacial score (nSPS) is 17.5. The van der Waals surface area contributed by atoms with E-state index in [0.29, 0.717) is 6.04 Å². The lowest BCUT2D eigenvalue weighted by Crippen LogP contribution is -2.37. The number of nitrogens with zero attached hydrogens (tertiary/aromatic N) is 1. The molecule has 1 aliphatic rings. The first-order valence-corrected chi connectivity index (χ1v) is 6.69. The second-order valence-electron chi connectivity index (χ2n) is 4.88. The summed E-state index contributed by atoms with van der Waals surface area (Å²) < 4.78 is 0. The van der Waals surface area contributed by atoms with Crippen LogP contribution in [0.2, 0.25) is 0 Å². The minimum absolute atomic E-state index is 0.525. The van der Waals surface area contributed by atoms with Crippen molar-refractivity contribution in [3.05, 3.63) is 35.9 Å². The van der Waals surface area contributed by atoms with Crippen molar-refractivity contribution < 1.29 is 0 Å². The summed E-state index contributed by atoms with van der Waals surface area (Å²) >= 11 is 0. The van der Waals surface area contributed by atoms with Gasteiger partial charge < -0.3 is 4.90 Å². The van der Waals surface area contributed by atoms with Crippen LogP contribution in [0, 0.1) is 5.41 Å². The molecule has 1 heterocycles. The summed E-state index contributed by atoms with van der Waals surface area (Å²) in [5.41, 5.74) is 1.39. The maximum Gasteiger partial charge on any atom is 0.0960 e. The monoisotopic (exact) mass is 230 g/mol. The molecule has 0 aliphatic carbocycles. The standard InChI is InChI=1S/C15H22N2/c1-2-7-14(17-11-6-10-15(17)16)12-13-8-4-3-5-9-13/h3-5,8-9,14,16H,2,6-7,10-12H2,1H3/t14-/m0/s1. The van der Waals surface area contributed by atoms with Gasteiger partial charge in [-0.2, -0.15) is 0 Å². The molecule has 1 aliphatic heterocycles. The van der Waals surface area contributed by atoms with Gasteiger partial charge in [0.2, 0.25) is 0 Å². The zero-order valence-electron chi connectivity index (χ0n) is 10.7. The lowest BCUT2D eigenvalue weighted by Gasteiger charge is -2.29. The van der Waals surface area contributed by atoms with E-state index >= 15 is 0 Å². The summed E-state index contributed by atoms with van der Waals surface area (Å²) in [6.45, 7) is 3.31. The number of nitrogens with one attached hydrogen (secondary N) is 1. The smallest absolute Gasteiger partial charge is 0.0960 e. The Labute approximate surface area is 104 Å². The van der Waals surface area contributed by atoms with Gasteiger partial charge in [-0.05, 0) is 24.8 Å². The van der Waals surface area contributed by atoms with Gasteiger partial charge in [-0.1, -0.05) is 43.7 Å². The molecule has 0 saturated carbocycles. The predicted molar refractivity (Wildman–Crippen MR) is 72.5 cm³/mol. The molecule has 0 unspecified atom stereocenters. The number of hydrogen-bond acceptors (Lipinski definition) is 1. The summed E-state index contributed by atoms with van der Waals surface area (Å²) in [6.07, 6.45) is 5.60. The number of benzene rings is 1. The van der Waals surface area contributed by atoms with Gasteiger partial charge >= 0.3 is 0 Å². The highest BCUT2D eigenvalue weighted by molar-refractivity contribution is 5.81. The van der Waals surface area contributed by atoms with Crippen LogP contribution in [0.5, 0.6) is 0 Å². The van der Waals surface area contributed by atoms with Crippen LogP contribution in [0.15, 0.2) is 30.3 Å². The fourth-order valence-corrected chi connectivity index (χ4v) is 2.69. The van der Waals surface area contributed by atoms with E-state index < -0.39 is 0 Å². The Bertz CT molecular complexity index is 358. The average Bonchev–Trinajstić information content (AvgIpc) is 2.76. The maximum absolute atomic E-state index is 8.01. The molecule has 17 heavy (non-hydrogen) atoms. The minimum Gasteiger partial charge on any atom is -0.357 e. The van der Waals surface area contributed by atoms with E-state index in [-0.39, 0.29) is 0 Å². The largest absolute Gasteiger partial charge is 0.357 e. The number of likely N-dealkylation sites (tertiary alicyclic amines) is 1. The second kappa shape index (κ2) is 5.85. The van der Waals surface area contributed by atoms with Gasteiger partial charge in [0.15, 0.2) is 0 Å². The highest BCUT2D eigenvalue weighted by atomic mass is 15.2. The zero-order chi connectivity index (χ0) is 12.1. The highest BCUT2D eigenvalue weighted by Gasteiger charge is 2.24. The molecular weight excluding hydrogens is 208 g/mol. The van der Waals surface area contributed by atoms with Crippen molar-refractivity contribution in [1.29, 1.82) is 5.41 Å². The lowest BCUT2D eigenvalue weighted by atomic mass is 10.0. The van der Waals surface area contributed by atoms with Crippen molar-refractivity contribution in [2.24, 2.45) is 0 Å². The second-order valence-corrected chi connectivity index (χ2v) is 4.88. The van der Waals surface area contributed by atoms with Crippen LogP contribution < -0.4 is 0 Å². The molecule has 0 spiro atoms. The Hall–Kier alpha value is -1.31. The Morgan fingerprint density at radius 2 is 2.06 bits per heavy atom. The van der Waals surface area contributed by atoms with Gasteiger partial charge in [-0.25, -0.2) is 0 Å². The lowest BCUT2D eigenvalue weighted by molar-refractivity contribution is 0.310. The number of amidine groups is 1. The SMILES string of the molecule is CCC[C@@H](Cc1ccccc1)N1CCCC1=N. The molecule has 2 nitrogen and oxygen atoms in total. The van der Waals surface area contributed by atoms with E-state index in [9.17, 15) is 0 Å². The van der Waals surface area contributed by atoms with E-state index in [1.165, 1.54) is 18.4 Å². The number of hydrogen-bond donors (Lipinski definition) is 1. The first kappa shape index (κ1) is 12.2. The Kier molecular flexibility index (Phi) is 4.18. The molecule has 0 amide bonds. The van der Waals surface area contributed by atoms with E-state index in [0.717, 1.165) is 31.6 Å². The summed E-state index contributed by atoms with van der Waals surface area (Å²) in [5.74, 6) is 0.847. The van der Waals surface area contributed by atoms with Crippen LogP contribution in [0.25, 0.3) is 0 Å². The third-order valence-corrected chi connectivity index (χ3v) is 3.54. The van der Waals surface area contributed by atoms with Crippen LogP contribution in [0.3, 0.4) is 0 Å². The quantitative estimate of drug-likeness (QED) is 0.824. The molecule has 1 fully saturated rings. The summed E-state index contributed by atoms with van der Waals surface area (Å²) in [5, 5.41) is 8.01. The zero-order valence-corrected chi connectivity index (χ0v) is 10.7. The molecule has 0 bridgehead atoms. The molecular formula is C15H22N2. The third kappa shape index (κ3) is 3.09. The van der Waals surface area contributed by atoms with Crippen LogP contribution in [0.4, 0.5) is 0 Å². The molecule has 1 atom stereocenters. The van der Waals surface area contributed by atoms with Crippen molar-refractivity contribution in [2.75, 3.05) is 6.54 Å². The summed E-state index contributed by atoms with van der Waals surface area (Å²) in [7, 11) is 0. The van der Waals surface area contributed by atoms with E-state index in [1.807, 2.05) is 0 Å². The topological polar surface area (TPSA) is 27.1 Å². The fourth-order valence-electron chi connectivity index (χ4n) is 2.69. The summed E-state index contributed by atoms with van der Waals surface area (Å²) in [6, 6.07) is 11.2. The van der Waals surface area contributed by atoms with Crippen molar-refractivity contribution >= 4 is 5.84 Å². The van der Waals surface area contributed by atoms with Gasteiger partial charge in [-0.3, -0.25) is 5.41 Å². The van der Waals surface area contributed by atoms with Gasteiger partial charge in [0.25, 0.3) is 0 Å². The van der Waals surface area contributed by atoms with Crippen molar-refractivity contribution in [1.82, 2.24) is 4.90 Å². The highest BCUT2D eigenvalue weighted by Crippen LogP contribution is 2.20. The molecule has 0 aromatic heterocycles. The maximum atomic E-state index is 8.01. The van der Waals surface area contributed by atoms with Gasteiger partial charge in [0, 0.05) is 19.0 Å². The third-order valence-electron chi connectivity index (χ3n) is 3.54. The first-order valence-electron chi connectivity index (χ1n) is 6.69. The predicted octanol–water partition coefficient (Wildman–Crippen LogP) is 3.47. The van der Waals surface area contributed by atoms with E-state index in [4.69, 9.17) is 5.41 Å². The first-order chi connectivity index (χ1) is 8.31. The molecule has 1 aromatic carbocycles. The average molecular weight is 230 g/mol. The van der Waals surface area contributed by atoms with E-state index in [1.54, 1.807) is 0 Å². The Balaban J connectivity index is 2.04. The molecule has 1 N–H and O–H groups in total. The van der Waals surface area contributed by atoms with Gasteiger partial charge in [-0.15, -0.1) is 0 Å². The Morgan fingerprint density at radius 1 is 1.29 bits per heavy atom. The van der Waals surface area contributed by atoms with Crippen LogP contribution in [0.1, 0.15) is 38.2 Å². The van der Waals surface area contributed by atoms with Crippen molar-refractivity contribution in [2.45, 2.75) is 45.1 Å². The molecule has 2 rings (SSSR count). The van der Waals surface area contributed by atoms with E-state index in [2.05, 4.69) is 42.2 Å². The molecule has 0 radical (unpaired) electrons. The van der Waals surface area contributed by atoms with Gasteiger partial charge in [0.1, 0.15) is 0 Å². The van der Waals surface area contributed by atoms with Gasteiger partial charge in [0.05, 0.1) is 5.84 Å². The van der Waals surface area contributed by atoms with Crippen LogP contribution in [-0.4, -0.2) is 23.3 Å². The molecule has 1 saturated heterocycles. The molecule has 1 aromatic rings. The number of rotatable bonds is 5. The fraction of sp³-hybridized carbons (Fsp3) is 0.533. The minimum atomic E-state index is 0.525. The van der Waals surface area contributed by atoms with Crippen LogP contribution in [-0.2, 0) is 6.42 Å². The molecule has 2 heteroatoms. The van der Waals surface area contributed by atoms with Crippen molar-refractivity contribution in [3.8, 4) is 0 Å².